The molecule has 0 radical (unpaired) electrons. The molecule has 5 nitrogen and oxygen atoms in total. The molecule has 2 amide bonds. The third kappa shape index (κ3) is 4.14. The van der Waals surface area contributed by atoms with E-state index in [0.29, 0.717) is 30.5 Å². The Labute approximate surface area is 147 Å². The summed E-state index contributed by atoms with van der Waals surface area (Å²) in [5, 5.41) is 3.56. The number of pyridine rings is 1. The first-order chi connectivity index (χ1) is 11.1. The number of likely N-dealkylation sites (tertiary alicyclic amines) is 1. The predicted octanol–water partition coefficient (Wildman–Crippen LogP) is 3.47. The number of halogens is 2. The van der Waals surface area contributed by atoms with Crippen molar-refractivity contribution in [1.29, 1.82) is 0 Å². The number of nitrogens with one attached hydrogen (secondary N) is 1. The lowest BCUT2D eigenvalue weighted by atomic mass is 10.2. The smallest absolute Gasteiger partial charge is 0.317 e. The van der Waals surface area contributed by atoms with Gasteiger partial charge in [-0.25, -0.2) is 9.78 Å². The Balaban J connectivity index is 1.43. The first-order valence-electron chi connectivity index (χ1n) is 7.16. The average molecular weight is 397 g/mol. The highest BCUT2D eigenvalue weighted by molar-refractivity contribution is 9.10. The SMILES string of the molecule is O=C(NCc1ccc(Cl)cc1)N1CC(Oc2ncccc2Br)C1. The van der Waals surface area contributed by atoms with Gasteiger partial charge in [-0.3, -0.25) is 0 Å². The van der Waals surface area contributed by atoms with E-state index in [1.165, 1.54) is 0 Å². The van der Waals surface area contributed by atoms with Crippen molar-refractivity contribution in [2.75, 3.05) is 13.1 Å². The van der Waals surface area contributed by atoms with Crippen LogP contribution < -0.4 is 10.1 Å². The third-order valence-electron chi connectivity index (χ3n) is 3.50. The minimum atomic E-state index is -0.0973. The molecule has 1 aliphatic rings. The zero-order valence-corrected chi connectivity index (χ0v) is 14.5. The number of benzene rings is 1. The predicted molar refractivity (Wildman–Crippen MR) is 91.6 cm³/mol. The molecule has 2 aromatic rings. The maximum atomic E-state index is 12.0. The van der Waals surface area contributed by atoms with E-state index in [9.17, 15) is 4.79 Å². The number of amides is 2. The molecule has 23 heavy (non-hydrogen) atoms. The Kier molecular flexibility index (Phi) is 5.03. The van der Waals surface area contributed by atoms with Crippen LogP contribution in [0.3, 0.4) is 0 Å². The van der Waals surface area contributed by atoms with E-state index in [1.807, 2.05) is 24.3 Å². The van der Waals surface area contributed by atoms with Crippen LogP contribution >= 0.6 is 27.5 Å². The van der Waals surface area contributed by atoms with Gasteiger partial charge in [-0.1, -0.05) is 23.7 Å². The van der Waals surface area contributed by atoms with E-state index in [-0.39, 0.29) is 12.1 Å². The van der Waals surface area contributed by atoms with Gasteiger partial charge in [0.05, 0.1) is 17.6 Å². The Hall–Kier alpha value is -1.79. The van der Waals surface area contributed by atoms with Gasteiger partial charge >= 0.3 is 6.03 Å². The van der Waals surface area contributed by atoms with Crippen molar-refractivity contribution >= 4 is 33.6 Å². The number of hydrogen-bond donors (Lipinski definition) is 1. The van der Waals surface area contributed by atoms with E-state index >= 15 is 0 Å². The summed E-state index contributed by atoms with van der Waals surface area (Å²) in [4.78, 5) is 17.9. The molecule has 1 aromatic heterocycles. The monoisotopic (exact) mass is 395 g/mol. The molecule has 7 heteroatoms. The minimum Gasteiger partial charge on any atom is -0.470 e. The van der Waals surface area contributed by atoms with Gasteiger partial charge in [0.1, 0.15) is 6.10 Å². The molecular formula is C16H15BrClN3O2. The summed E-state index contributed by atoms with van der Waals surface area (Å²) in [5.41, 5.74) is 1.01. The van der Waals surface area contributed by atoms with Crippen LogP contribution in [0.15, 0.2) is 47.1 Å². The number of rotatable bonds is 4. The number of carbonyl (C=O) groups is 1. The van der Waals surface area contributed by atoms with Gasteiger partial charge in [0.15, 0.2) is 0 Å². The van der Waals surface area contributed by atoms with Crippen LogP contribution in [0.4, 0.5) is 4.79 Å². The van der Waals surface area contributed by atoms with Crippen molar-refractivity contribution in [3.05, 3.63) is 57.7 Å². The fourth-order valence-electron chi connectivity index (χ4n) is 2.19. The second kappa shape index (κ2) is 7.19. The lowest BCUT2D eigenvalue weighted by Gasteiger charge is -2.38. The van der Waals surface area contributed by atoms with Crippen LogP contribution in [0.25, 0.3) is 0 Å². The Morgan fingerprint density at radius 3 is 2.78 bits per heavy atom. The number of aromatic nitrogens is 1. The number of nitrogens with zero attached hydrogens (tertiary/aromatic N) is 2. The summed E-state index contributed by atoms with van der Waals surface area (Å²) < 4.78 is 6.55. The lowest BCUT2D eigenvalue weighted by molar-refractivity contribution is 0.0407. The van der Waals surface area contributed by atoms with Gasteiger partial charge in [-0.15, -0.1) is 0 Å². The summed E-state index contributed by atoms with van der Waals surface area (Å²) in [6.07, 6.45) is 1.65. The molecule has 120 valence electrons. The molecule has 0 atom stereocenters. The minimum absolute atomic E-state index is 0.0255. The Bertz CT molecular complexity index is 690. The van der Waals surface area contributed by atoms with E-state index in [2.05, 4.69) is 26.2 Å². The standard InChI is InChI=1S/C16H15BrClN3O2/c17-14-2-1-7-19-15(14)23-13-9-21(10-13)16(22)20-8-11-3-5-12(18)6-4-11/h1-7,13H,8-10H2,(H,20,22). The first-order valence-corrected chi connectivity index (χ1v) is 8.33. The van der Waals surface area contributed by atoms with E-state index in [1.54, 1.807) is 23.2 Å². The van der Waals surface area contributed by atoms with Gasteiger partial charge in [-0.05, 0) is 45.8 Å². The van der Waals surface area contributed by atoms with Crippen LogP contribution in [0.1, 0.15) is 5.56 Å². The average Bonchev–Trinajstić information content (AvgIpc) is 2.51. The summed E-state index contributed by atoms with van der Waals surface area (Å²) in [7, 11) is 0. The summed E-state index contributed by atoms with van der Waals surface area (Å²) in [5.74, 6) is 0.554. The van der Waals surface area contributed by atoms with Crippen LogP contribution in [-0.2, 0) is 6.54 Å². The fourth-order valence-corrected chi connectivity index (χ4v) is 2.66. The highest BCUT2D eigenvalue weighted by Crippen LogP contribution is 2.24. The molecule has 0 spiro atoms. The van der Waals surface area contributed by atoms with E-state index in [0.717, 1.165) is 10.0 Å². The highest BCUT2D eigenvalue weighted by atomic mass is 79.9. The maximum Gasteiger partial charge on any atom is 0.317 e. The lowest BCUT2D eigenvalue weighted by Crippen LogP contribution is -2.58. The van der Waals surface area contributed by atoms with Crippen molar-refractivity contribution in [2.45, 2.75) is 12.6 Å². The molecule has 1 N–H and O–H groups in total. The van der Waals surface area contributed by atoms with Crippen molar-refractivity contribution in [1.82, 2.24) is 15.2 Å². The van der Waals surface area contributed by atoms with Crippen molar-refractivity contribution in [3.8, 4) is 5.88 Å². The van der Waals surface area contributed by atoms with Gasteiger partial charge in [-0.2, -0.15) is 0 Å². The fraction of sp³-hybridized carbons (Fsp3) is 0.250. The molecule has 0 unspecified atom stereocenters. The quantitative estimate of drug-likeness (QED) is 0.861. The normalized spacial score (nSPS) is 14.3. The molecule has 1 aliphatic heterocycles. The van der Waals surface area contributed by atoms with Gasteiger partial charge in [0.25, 0.3) is 0 Å². The van der Waals surface area contributed by atoms with Crippen LogP contribution in [-0.4, -0.2) is 35.1 Å². The Morgan fingerprint density at radius 2 is 2.09 bits per heavy atom. The van der Waals surface area contributed by atoms with Gasteiger partial charge in [0, 0.05) is 17.8 Å². The van der Waals surface area contributed by atoms with Gasteiger partial charge in [0.2, 0.25) is 5.88 Å². The van der Waals surface area contributed by atoms with Crippen LogP contribution in [0.5, 0.6) is 5.88 Å². The number of urea groups is 1. The summed E-state index contributed by atoms with van der Waals surface area (Å²) >= 11 is 9.22. The molecule has 0 aliphatic carbocycles. The Morgan fingerprint density at radius 1 is 1.35 bits per heavy atom. The van der Waals surface area contributed by atoms with E-state index in [4.69, 9.17) is 16.3 Å². The second-order valence-corrected chi connectivity index (χ2v) is 6.51. The molecule has 0 saturated carbocycles. The maximum absolute atomic E-state index is 12.0. The molecule has 3 rings (SSSR count). The van der Waals surface area contributed by atoms with E-state index < -0.39 is 0 Å². The third-order valence-corrected chi connectivity index (χ3v) is 4.35. The molecule has 1 aromatic carbocycles. The summed E-state index contributed by atoms with van der Waals surface area (Å²) in [6, 6.07) is 11.0. The van der Waals surface area contributed by atoms with Crippen LogP contribution in [0.2, 0.25) is 5.02 Å². The second-order valence-electron chi connectivity index (χ2n) is 5.22. The number of ether oxygens (including phenoxy) is 1. The zero-order valence-electron chi connectivity index (χ0n) is 12.2. The molecular weight excluding hydrogens is 382 g/mol. The molecule has 1 fully saturated rings. The molecule has 1 saturated heterocycles. The van der Waals surface area contributed by atoms with Crippen molar-refractivity contribution in [3.63, 3.8) is 0 Å². The molecule has 2 heterocycles. The van der Waals surface area contributed by atoms with Gasteiger partial charge < -0.3 is 15.0 Å². The van der Waals surface area contributed by atoms with Crippen molar-refractivity contribution < 1.29 is 9.53 Å². The number of hydrogen-bond acceptors (Lipinski definition) is 3. The topological polar surface area (TPSA) is 54.5 Å². The van der Waals surface area contributed by atoms with Crippen LogP contribution in [0, 0.1) is 0 Å². The summed E-state index contributed by atoms with van der Waals surface area (Å²) in [6.45, 7) is 1.58. The largest absolute Gasteiger partial charge is 0.470 e. The first kappa shape index (κ1) is 16.1. The van der Waals surface area contributed by atoms with Crippen molar-refractivity contribution in [2.24, 2.45) is 0 Å². The number of carbonyl (C=O) groups excluding carboxylic acids is 1. The molecule has 0 bridgehead atoms. The highest BCUT2D eigenvalue weighted by Gasteiger charge is 2.32. The zero-order chi connectivity index (χ0) is 16.2.